The summed E-state index contributed by atoms with van der Waals surface area (Å²) in [5.41, 5.74) is 0. The Morgan fingerprint density at radius 2 is 0.852 bits per heavy atom. The molecule has 0 rings (SSSR count). The van der Waals surface area contributed by atoms with Crippen molar-refractivity contribution in [3.05, 3.63) is 0 Å². The fourth-order valence-corrected chi connectivity index (χ4v) is 2.85. The summed E-state index contributed by atoms with van der Waals surface area (Å²) in [4.78, 5) is 23.5. The maximum atomic E-state index is 11.8. The second kappa shape index (κ2) is 10.4. The topological polar surface area (TPSA) is 271 Å². The number of aliphatic hydroxyl groups is 10. The molecule has 10 N–H and O–H groups in total. The van der Waals surface area contributed by atoms with E-state index in [0.717, 1.165) is 0 Å². The van der Waals surface area contributed by atoms with Gasteiger partial charge in [0.05, 0.1) is 13.2 Å². The minimum atomic E-state index is -5.77. The average Bonchev–Trinajstić information content (AvgIpc) is 2.67. The fraction of sp³-hybridized carbons (Fsp3) is 0.833. The van der Waals surface area contributed by atoms with Gasteiger partial charge in [-0.05, 0) is 0 Å². The van der Waals surface area contributed by atoms with Crippen molar-refractivity contribution in [3.8, 4) is 0 Å². The van der Waals surface area contributed by atoms with E-state index in [1.54, 1.807) is 0 Å². The van der Waals surface area contributed by atoms with Gasteiger partial charge in [0.25, 0.3) is 20.1 Å². The molecule has 0 fully saturated rings. The molecule has 0 bridgehead atoms. The summed E-state index contributed by atoms with van der Waals surface area (Å²) in [5, 5.41) is 87.1. The molecule has 0 radical (unpaired) electrons. The first kappa shape index (κ1) is 25.9. The van der Waals surface area contributed by atoms with Crippen LogP contribution in [0.3, 0.4) is 0 Å². The van der Waals surface area contributed by atoms with E-state index in [9.17, 15) is 48.6 Å². The Kier molecular flexibility index (Phi) is 10.0. The molecular weight excluding hydrogens is 400 g/mol. The van der Waals surface area contributed by atoms with E-state index >= 15 is 0 Å². The molecule has 0 aromatic heterocycles. The molecule has 0 aliphatic heterocycles. The highest BCUT2D eigenvalue weighted by atomic mass is 32.2. The maximum absolute atomic E-state index is 11.8. The SMILES string of the molecule is O=C([C@H](O)[C@@H](O)[C@H](O)[C@H](O)CO)S(=O)(=O)C(=O)[C@H](O)[C@@H](O)[C@H](O)[C@H](O)CO. The quantitative estimate of drug-likeness (QED) is 0.157. The van der Waals surface area contributed by atoms with Crippen LogP contribution in [-0.4, -0.2) is 132 Å². The highest BCUT2D eigenvalue weighted by molar-refractivity contribution is 8.19. The van der Waals surface area contributed by atoms with Gasteiger partial charge in [0.2, 0.25) is 0 Å². The Hall–Kier alpha value is -1.11. The van der Waals surface area contributed by atoms with Gasteiger partial charge in [-0.25, -0.2) is 8.42 Å². The first-order chi connectivity index (χ1) is 12.2. The highest BCUT2D eigenvalue weighted by Crippen LogP contribution is 2.14. The zero-order valence-corrected chi connectivity index (χ0v) is 14.4. The number of aliphatic hydroxyl groups excluding tert-OH is 10. The molecule has 27 heavy (non-hydrogen) atoms. The molecule has 0 amide bonds. The van der Waals surface area contributed by atoms with Crippen LogP contribution in [0.5, 0.6) is 0 Å². The van der Waals surface area contributed by atoms with Crippen LogP contribution in [0.1, 0.15) is 0 Å². The molecule has 0 aliphatic rings. The molecule has 160 valence electrons. The van der Waals surface area contributed by atoms with Gasteiger partial charge in [0.1, 0.15) is 36.6 Å². The summed E-state index contributed by atoms with van der Waals surface area (Å²) < 4.78 is 23.6. The van der Waals surface area contributed by atoms with E-state index in [1.165, 1.54) is 0 Å². The second-order valence-electron chi connectivity index (χ2n) is 5.49. The summed E-state index contributed by atoms with van der Waals surface area (Å²) in [7, 11) is -5.77. The molecule has 0 saturated heterocycles. The molecule has 15 heteroatoms. The van der Waals surface area contributed by atoms with Gasteiger partial charge in [0, 0.05) is 0 Å². The number of rotatable bonds is 10. The molecule has 8 atom stereocenters. The van der Waals surface area contributed by atoms with Gasteiger partial charge in [-0.15, -0.1) is 0 Å². The molecule has 0 aromatic carbocycles. The Bertz CT molecular complexity index is 559. The second-order valence-corrected chi connectivity index (χ2v) is 7.31. The third-order valence-corrected chi connectivity index (χ3v) is 5.06. The summed E-state index contributed by atoms with van der Waals surface area (Å²) >= 11 is 0. The van der Waals surface area contributed by atoms with Crippen molar-refractivity contribution in [2.24, 2.45) is 0 Å². The van der Waals surface area contributed by atoms with Crippen LogP contribution >= 0.6 is 0 Å². The van der Waals surface area contributed by atoms with Crippen LogP contribution in [0.4, 0.5) is 0 Å². The summed E-state index contributed by atoms with van der Waals surface area (Å²) in [6.45, 7) is -2.28. The van der Waals surface area contributed by atoms with Crippen LogP contribution in [0.25, 0.3) is 0 Å². The van der Waals surface area contributed by atoms with Gasteiger partial charge < -0.3 is 51.1 Å². The molecular formula is C12H22O14S. The maximum Gasteiger partial charge on any atom is 0.285 e. The number of hydrogen-bond acceptors (Lipinski definition) is 14. The van der Waals surface area contributed by atoms with Crippen molar-refractivity contribution in [3.63, 3.8) is 0 Å². The van der Waals surface area contributed by atoms with Gasteiger partial charge in [-0.1, -0.05) is 0 Å². The molecule has 0 aliphatic carbocycles. The van der Waals surface area contributed by atoms with E-state index in [2.05, 4.69) is 0 Å². The summed E-state index contributed by atoms with van der Waals surface area (Å²) in [6.07, 6.45) is -20.3. The number of hydrogen-bond donors (Lipinski definition) is 10. The largest absolute Gasteiger partial charge is 0.394 e. The number of carbonyl (C=O) groups is 2. The molecule has 0 spiro atoms. The van der Waals surface area contributed by atoms with Crippen LogP contribution < -0.4 is 0 Å². The van der Waals surface area contributed by atoms with Gasteiger partial charge >= 0.3 is 0 Å². The predicted molar refractivity (Wildman–Crippen MR) is 81.2 cm³/mol. The Labute approximate surface area is 152 Å². The van der Waals surface area contributed by atoms with E-state index < -0.39 is 82.1 Å². The van der Waals surface area contributed by atoms with Crippen molar-refractivity contribution in [1.82, 2.24) is 0 Å². The first-order valence-corrected chi connectivity index (χ1v) is 8.72. The summed E-state index contributed by atoms with van der Waals surface area (Å²) in [6, 6.07) is 0. The fourth-order valence-electron chi connectivity index (χ4n) is 1.74. The van der Waals surface area contributed by atoms with E-state index in [4.69, 9.17) is 20.4 Å². The lowest BCUT2D eigenvalue weighted by molar-refractivity contribution is -0.143. The third-order valence-electron chi connectivity index (χ3n) is 3.52. The molecule has 0 heterocycles. The Morgan fingerprint density at radius 1 is 0.593 bits per heavy atom. The smallest absolute Gasteiger partial charge is 0.285 e. The van der Waals surface area contributed by atoms with Crippen LogP contribution in [0.2, 0.25) is 0 Å². The molecule has 14 nitrogen and oxygen atoms in total. The normalized spacial score (nSPS) is 21.4. The van der Waals surface area contributed by atoms with Crippen molar-refractivity contribution < 1.29 is 69.1 Å². The predicted octanol–water partition coefficient (Wildman–Crippen LogP) is -7.67. The lowest BCUT2D eigenvalue weighted by Gasteiger charge is -2.26. The van der Waals surface area contributed by atoms with Gasteiger partial charge in [0.15, 0.2) is 12.2 Å². The van der Waals surface area contributed by atoms with Crippen LogP contribution in [0, 0.1) is 0 Å². The molecule has 0 unspecified atom stereocenters. The number of carbonyl (C=O) groups excluding carboxylic acids is 2. The monoisotopic (exact) mass is 422 g/mol. The average molecular weight is 422 g/mol. The number of sulfone groups is 1. The molecule has 0 saturated carbocycles. The van der Waals surface area contributed by atoms with Gasteiger partial charge in [-0.3, -0.25) is 9.59 Å². The Morgan fingerprint density at radius 3 is 1.07 bits per heavy atom. The van der Waals surface area contributed by atoms with Gasteiger partial charge in [-0.2, -0.15) is 0 Å². The standard InChI is InChI=1S/C12H22O14S/c13-1-3(15)5(17)7(19)9(21)11(23)27(25,26)12(24)10(22)8(20)6(18)4(16)2-14/h3-10,13-22H,1-2H2/t3-,4-,5-,6-,7+,8+,9-,10-/m1/s1. The van der Waals surface area contributed by atoms with Crippen LogP contribution in [0.15, 0.2) is 0 Å². The zero-order valence-electron chi connectivity index (χ0n) is 13.5. The van der Waals surface area contributed by atoms with Crippen molar-refractivity contribution in [2.75, 3.05) is 13.2 Å². The minimum absolute atomic E-state index is 1.14. The summed E-state index contributed by atoms with van der Waals surface area (Å²) in [5.74, 6) is 0. The Balaban J connectivity index is 5.42. The lowest BCUT2D eigenvalue weighted by Crippen LogP contribution is -2.54. The lowest BCUT2D eigenvalue weighted by atomic mass is 10.0. The van der Waals surface area contributed by atoms with E-state index in [0.29, 0.717) is 0 Å². The van der Waals surface area contributed by atoms with Crippen molar-refractivity contribution in [2.45, 2.75) is 48.8 Å². The minimum Gasteiger partial charge on any atom is -0.394 e. The third kappa shape index (κ3) is 5.93. The first-order valence-electron chi connectivity index (χ1n) is 7.24. The highest BCUT2D eigenvalue weighted by Gasteiger charge is 2.47. The zero-order chi connectivity index (χ0) is 21.7. The van der Waals surface area contributed by atoms with E-state index in [1.807, 2.05) is 0 Å². The van der Waals surface area contributed by atoms with Crippen molar-refractivity contribution in [1.29, 1.82) is 0 Å². The van der Waals surface area contributed by atoms with Crippen molar-refractivity contribution >= 4 is 20.1 Å². The molecule has 0 aromatic rings. The van der Waals surface area contributed by atoms with E-state index in [-0.39, 0.29) is 0 Å². The van der Waals surface area contributed by atoms with Crippen LogP contribution in [-0.2, 0) is 19.4 Å².